The van der Waals surface area contributed by atoms with Gasteiger partial charge in [0.15, 0.2) is 0 Å². The molecule has 2 heterocycles. The first-order valence-electron chi connectivity index (χ1n) is 9.30. The summed E-state index contributed by atoms with van der Waals surface area (Å²) in [6.07, 6.45) is 4.77. The number of amides is 2. The highest BCUT2D eigenvalue weighted by molar-refractivity contribution is 5.96. The summed E-state index contributed by atoms with van der Waals surface area (Å²) in [7, 11) is 0. The predicted molar refractivity (Wildman–Crippen MR) is 109 cm³/mol. The average Bonchev–Trinajstić information content (AvgIpc) is 2.99. The number of carbonyl (C=O) groups is 1. The van der Waals surface area contributed by atoms with E-state index in [1.807, 2.05) is 31.3 Å². The summed E-state index contributed by atoms with van der Waals surface area (Å²) in [5, 5.41) is 9.68. The zero-order valence-corrected chi connectivity index (χ0v) is 16.1. The van der Waals surface area contributed by atoms with Crippen LogP contribution in [0.25, 0.3) is 0 Å². The third-order valence-electron chi connectivity index (χ3n) is 4.67. The lowest BCUT2D eigenvalue weighted by Crippen LogP contribution is -2.51. The molecule has 1 aromatic rings. The van der Waals surface area contributed by atoms with Crippen LogP contribution in [-0.4, -0.2) is 31.1 Å². The molecule has 0 saturated heterocycles. The van der Waals surface area contributed by atoms with Crippen LogP contribution in [0.5, 0.6) is 0 Å². The van der Waals surface area contributed by atoms with Crippen LogP contribution in [0.3, 0.4) is 0 Å². The van der Waals surface area contributed by atoms with Crippen LogP contribution in [-0.2, 0) is 0 Å². The number of anilines is 1. The molecule has 2 atom stereocenters. The molecule has 3 rings (SSSR count). The molecular weight excluding hydrogens is 340 g/mol. The summed E-state index contributed by atoms with van der Waals surface area (Å²) < 4.78 is 0. The Balaban J connectivity index is 1.60. The maximum Gasteiger partial charge on any atom is 0.327 e. The Morgan fingerprint density at radius 1 is 1.33 bits per heavy atom. The third-order valence-corrected chi connectivity index (χ3v) is 4.67. The van der Waals surface area contributed by atoms with Crippen molar-refractivity contribution in [3.05, 3.63) is 53.4 Å². The topological polar surface area (TPSA) is 94.8 Å². The van der Waals surface area contributed by atoms with E-state index in [1.54, 1.807) is 11.8 Å². The maximum absolute atomic E-state index is 12.4. The maximum atomic E-state index is 12.4. The second kappa shape index (κ2) is 8.26. The number of hydrogen-bond acceptors (Lipinski definition) is 4. The minimum absolute atomic E-state index is 0.121. The van der Waals surface area contributed by atoms with Crippen molar-refractivity contribution in [3.8, 4) is 0 Å². The molecule has 144 valence electrons. The summed E-state index contributed by atoms with van der Waals surface area (Å²) in [5.74, 6) is 0.626. The van der Waals surface area contributed by atoms with Crippen molar-refractivity contribution in [1.82, 2.24) is 16.0 Å². The lowest BCUT2D eigenvalue weighted by Gasteiger charge is -2.29. The van der Waals surface area contributed by atoms with E-state index < -0.39 is 0 Å². The molecule has 2 aliphatic rings. The van der Waals surface area contributed by atoms with Crippen LogP contribution in [0.1, 0.15) is 38.8 Å². The number of rotatable bonds is 7. The molecule has 0 spiro atoms. The molecule has 2 amide bonds. The van der Waals surface area contributed by atoms with Crippen LogP contribution in [0, 0.1) is 0 Å². The number of nitrogens with zero attached hydrogens (tertiary/aromatic N) is 2. The number of amidine groups is 1. The van der Waals surface area contributed by atoms with Gasteiger partial charge in [-0.3, -0.25) is 9.89 Å². The molecular formula is C20H28N6O. The molecule has 27 heavy (non-hydrogen) atoms. The second-order valence-electron chi connectivity index (χ2n) is 7.00. The summed E-state index contributed by atoms with van der Waals surface area (Å²) in [6.45, 7) is 7.54. The van der Waals surface area contributed by atoms with E-state index in [1.165, 1.54) is 5.56 Å². The van der Waals surface area contributed by atoms with E-state index >= 15 is 0 Å². The number of nitrogens with two attached hydrogens (primary N) is 1. The fourth-order valence-electron chi connectivity index (χ4n) is 3.20. The van der Waals surface area contributed by atoms with Crippen LogP contribution in [0.2, 0.25) is 0 Å². The van der Waals surface area contributed by atoms with Gasteiger partial charge in [-0.05, 0) is 57.5 Å². The molecule has 0 aromatic heterocycles. The first-order chi connectivity index (χ1) is 12.9. The fourth-order valence-corrected chi connectivity index (χ4v) is 3.20. The second-order valence-corrected chi connectivity index (χ2v) is 7.00. The van der Waals surface area contributed by atoms with E-state index in [2.05, 4.69) is 40.0 Å². The van der Waals surface area contributed by atoms with Gasteiger partial charge in [-0.15, -0.1) is 0 Å². The van der Waals surface area contributed by atoms with Crippen molar-refractivity contribution < 1.29 is 4.79 Å². The van der Waals surface area contributed by atoms with Crippen LogP contribution in [0.15, 0.2) is 52.8 Å². The predicted octanol–water partition coefficient (Wildman–Crippen LogP) is 2.35. The van der Waals surface area contributed by atoms with E-state index in [0.717, 1.165) is 36.5 Å². The van der Waals surface area contributed by atoms with E-state index in [0.29, 0.717) is 5.84 Å². The van der Waals surface area contributed by atoms with Crippen LogP contribution < -0.4 is 26.6 Å². The van der Waals surface area contributed by atoms with Gasteiger partial charge in [0.05, 0.1) is 11.5 Å². The lowest BCUT2D eigenvalue weighted by molar-refractivity contribution is 0.244. The van der Waals surface area contributed by atoms with Crippen molar-refractivity contribution in [2.24, 2.45) is 10.7 Å². The van der Waals surface area contributed by atoms with E-state index in [4.69, 9.17) is 5.73 Å². The molecule has 2 aliphatic heterocycles. The van der Waals surface area contributed by atoms with Crippen molar-refractivity contribution in [2.45, 2.75) is 39.4 Å². The fraction of sp³-hybridized carbons (Fsp3) is 0.400. The lowest BCUT2D eigenvalue weighted by atomic mass is 10.1. The van der Waals surface area contributed by atoms with Crippen molar-refractivity contribution >= 4 is 17.6 Å². The first kappa shape index (κ1) is 19.0. The summed E-state index contributed by atoms with van der Waals surface area (Å²) in [6, 6.07) is 8.16. The minimum Gasteiger partial charge on any atom is -0.388 e. The molecule has 0 bridgehead atoms. The normalized spacial score (nSPS) is 20.4. The highest BCUT2D eigenvalue weighted by Crippen LogP contribution is 2.25. The van der Waals surface area contributed by atoms with Gasteiger partial charge >= 0.3 is 6.03 Å². The van der Waals surface area contributed by atoms with Crippen LogP contribution in [0.4, 0.5) is 10.5 Å². The molecule has 2 unspecified atom stereocenters. The number of allylic oxidation sites excluding steroid dienone is 1. The Morgan fingerprint density at radius 2 is 2.07 bits per heavy atom. The molecule has 0 saturated carbocycles. The number of urea groups is 1. The molecule has 1 aromatic carbocycles. The third kappa shape index (κ3) is 4.68. The van der Waals surface area contributed by atoms with Gasteiger partial charge in [0.25, 0.3) is 0 Å². The summed E-state index contributed by atoms with van der Waals surface area (Å²) in [5.41, 5.74) is 9.67. The van der Waals surface area contributed by atoms with E-state index in [9.17, 15) is 4.79 Å². The van der Waals surface area contributed by atoms with Crippen LogP contribution >= 0.6 is 0 Å². The molecule has 5 N–H and O–H groups in total. The minimum atomic E-state index is -0.131. The van der Waals surface area contributed by atoms with Crippen molar-refractivity contribution in [3.63, 3.8) is 0 Å². The Kier molecular flexibility index (Phi) is 5.81. The summed E-state index contributed by atoms with van der Waals surface area (Å²) >= 11 is 0. The number of nitrogens with one attached hydrogen (secondary N) is 3. The van der Waals surface area contributed by atoms with E-state index in [-0.39, 0.29) is 18.2 Å². The Morgan fingerprint density at radius 3 is 2.78 bits per heavy atom. The Bertz CT molecular complexity index is 776. The average molecular weight is 368 g/mol. The first-order valence-corrected chi connectivity index (χ1v) is 9.30. The number of fused-ring (bicyclic) bond motifs is 1. The number of hydrogen-bond donors (Lipinski definition) is 4. The van der Waals surface area contributed by atoms with Crippen molar-refractivity contribution in [1.29, 1.82) is 0 Å². The van der Waals surface area contributed by atoms with Crippen molar-refractivity contribution in [2.75, 3.05) is 18.0 Å². The largest absolute Gasteiger partial charge is 0.388 e. The quantitative estimate of drug-likeness (QED) is 0.338. The summed E-state index contributed by atoms with van der Waals surface area (Å²) in [4.78, 5) is 18.2. The Hall–Kier alpha value is -2.80. The highest BCUT2D eigenvalue weighted by atomic mass is 16.2. The molecule has 0 radical (unpaired) electrons. The SMILES string of the molecule is CC1=CC2=CN(c3ccc(C(C)NCCCN=C(C)N)cc3)C(=O)NC2N1. The zero-order chi connectivity index (χ0) is 19.4. The van der Waals surface area contributed by atoms with Gasteiger partial charge in [0.2, 0.25) is 0 Å². The van der Waals surface area contributed by atoms with Gasteiger partial charge in [0, 0.05) is 30.1 Å². The standard InChI is InChI=1S/C20H28N6O/c1-13-11-17-12-26(20(27)25-19(17)24-13)18-7-5-16(6-8-18)14(2)22-9-4-10-23-15(3)21/h5-8,11-12,14,19,22,24H,4,9-10H2,1-3H3,(H2,21,23)(H,25,27). The monoisotopic (exact) mass is 368 g/mol. The number of benzene rings is 1. The van der Waals surface area contributed by atoms with Gasteiger partial charge in [-0.25, -0.2) is 4.79 Å². The molecule has 0 fully saturated rings. The van der Waals surface area contributed by atoms with Gasteiger partial charge < -0.3 is 21.7 Å². The smallest absolute Gasteiger partial charge is 0.327 e. The van der Waals surface area contributed by atoms with Gasteiger partial charge in [0.1, 0.15) is 6.17 Å². The zero-order valence-electron chi connectivity index (χ0n) is 16.1. The number of carbonyl (C=O) groups excluding carboxylic acids is 1. The van der Waals surface area contributed by atoms with Gasteiger partial charge in [-0.1, -0.05) is 12.1 Å². The van der Waals surface area contributed by atoms with Gasteiger partial charge in [-0.2, -0.15) is 0 Å². The Labute approximate surface area is 160 Å². The molecule has 7 nitrogen and oxygen atoms in total. The highest BCUT2D eigenvalue weighted by Gasteiger charge is 2.29. The molecule has 0 aliphatic carbocycles. The number of aliphatic imine (C=N–C) groups is 1. The molecule has 7 heteroatoms.